The molecule has 2 unspecified atom stereocenters. The van der Waals surface area contributed by atoms with Gasteiger partial charge in [-0.1, -0.05) is 18.2 Å². The molecule has 0 bridgehead atoms. The number of methoxy groups -OCH3 is 1. The summed E-state index contributed by atoms with van der Waals surface area (Å²) in [6.07, 6.45) is 6.66. The monoisotopic (exact) mass is 367 g/mol. The van der Waals surface area contributed by atoms with Crippen molar-refractivity contribution in [2.45, 2.75) is 25.4 Å². The quantitative estimate of drug-likeness (QED) is 0.536. The summed E-state index contributed by atoms with van der Waals surface area (Å²) in [5, 5.41) is 2.40. The van der Waals surface area contributed by atoms with Crippen LogP contribution in [0.15, 0.2) is 55.1 Å². The normalized spacial score (nSPS) is 13.8. The molecular formula is C22H29N3O2. The Morgan fingerprint density at radius 1 is 1.07 bits per heavy atom. The van der Waals surface area contributed by atoms with Gasteiger partial charge in [-0.3, -0.25) is 0 Å². The van der Waals surface area contributed by atoms with Gasteiger partial charge < -0.3 is 18.9 Å². The highest BCUT2D eigenvalue weighted by atomic mass is 16.5. The van der Waals surface area contributed by atoms with Gasteiger partial charge in [0.15, 0.2) is 0 Å². The second kappa shape index (κ2) is 9.02. The summed E-state index contributed by atoms with van der Waals surface area (Å²) in [6.45, 7) is 3.63. The predicted molar refractivity (Wildman–Crippen MR) is 109 cm³/mol. The number of fused-ring (bicyclic) bond motifs is 1. The molecule has 0 saturated carbocycles. The van der Waals surface area contributed by atoms with E-state index >= 15 is 0 Å². The van der Waals surface area contributed by atoms with E-state index in [1.807, 2.05) is 24.8 Å². The Balaban J connectivity index is 1.86. The van der Waals surface area contributed by atoms with Gasteiger partial charge in [0.05, 0.1) is 19.0 Å². The van der Waals surface area contributed by atoms with Crippen molar-refractivity contribution >= 4 is 10.8 Å². The molecule has 0 spiro atoms. The Bertz CT molecular complexity index is 846. The number of benzene rings is 2. The predicted octanol–water partition coefficient (Wildman–Crippen LogP) is 3.99. The number of hydrogen-bond acceptors (Lipinski definition) is 4. The number of nitrogens with zero attached hydrogens (tertiary/aromatic N) is 3. The van der Waals surface area contributed by atoms with Crippen LogP contribution in [0.1, 0.15) is 24.9 Å². The fraction of sp³-hybridized carbons (Fsp3) is 0.409. The molecule has 0 amide bonds. The fourth-order valence-corrected chi connectivity index (χ4v) is 3.33. The van der Waals surface area contributed by atoms with Gasteiger partial charge in [0, 0.05) is 38.6 Å². The zero-order chi connectivity index (χ0) is 19.2. The molecule has 3 rings (SSSR count). The van der Waals surface area contributed by atoms with Crippen LogP contribution in [0.25, 0.3) is 10.8 Å². The van der Waals surface area contributed by atoms with Crippen molar-refractivity contribution in [3.05, 3.63) is 60.7 Å². The molecule has 144 valence electrons. The zero-order valence-electron chi connectivity index (χ0n) is 16.6. The molecule has 2 aromatic carbocycles. The van der Waals surface area contributed by atoms with Crippen molar-refractivity contribution in [3.8, 4) is 5.75 Å². The molecule has 1 aromatic heterocycles. The highest BCUT2D eigenvalue weighted by Crippen LogP contribution is 2.29. The minimum absolute atomic E-state index is 0.205. The molecule has 0 saturated heterocycles. The van der Waals surface area contributed by atoms with Crippen LogP contribution in [0.3, 0.4) is 0 Å². The molecule has 5 heteroatoms. The number of hydrogen-bond donors (Lipinski definition) is 0. The Hall–Kier alpha value is -2.37. The maximum Gasteiger partial charge on any atom is 0.119 e. The van der Waals surface area contributed by atoms with Crippen molar-refractivity contribution < 1.29 is 9.47 Å². The summed E-state index contributed by atoms with van der Waals surface area (Å²) in [5.41, 5.74) is 1.27. The molecular weight excluding hydrogens is 338 g/mol. The van der Waals surface area contributed by atoms with Gasteiger partial charge in [-0.2, -0.15) is 0 Å². The maximum atomic E-state index is 5.82. The summed E-state index contributed by atoms with van der Waals surface area (Å²) in [5.74, 6) is 0.902. The Morgan fingerprint density at radius 2 is 1.85 bits per heavy atom. The number of aromatic nitrogens is 2. The molecule has 0 aliphatic heterocycles. The van der Waals surface area contributed by atoms with Crippen LogP contribution in [0.2, 0.25) is 0 Å². The van der Waals surface area contributed by atoms with E-state index in [2.05, 4.69) is 65.8 Å². The van der Waals surface area contributed by atoms with E-state index in [0.717, 1.165) is 18.8 Å². The highest BCUT2D eigenvalue weighted by Gasteiger charge is 2.22. The summed E-state index contributed by atoms with van der Waals surface area (Å²) in [6, 6.07) is 13.5. The van der Waals surface area contributed by atoms with E-state index in [1.54, 1.807) is 7.11 Å². The number of rotatable bonds is 9. The SMILES string of the molecule is COCCCOc1ccc2cc(C(C(C)N(C)C)n3ccnc3)ccc2c1. The van der Waals surface area contributed by atoms with Gasteiger partial charge in [-0.05, 0) is 55.6 Å². The molecule has 27 heavy (non-hydrogen) atoms. The van der Waals surface area contributed by atoms with Crippen LogP contribution >= 0.6 is 0 Å². The lowest BCUT2D eigenvalue weighted by molar-refractivity contribution is 0.172. The van der Waals surface area contributed by atoms with Gasteiger partial charge in [-0.25, -0.2) is 4.98 Å². The third kappa shape index (κ3) is 4.67. The second-order valence-corrected chi connectivity index (χ2v) is 7.12. The molecule has 2 atom stereocenters. The van der Waals surface area contributed by atoms with Crippen LogP contribution in [0.5, 0.6) is 5.75 Å². The van der Waals surface area contributed by atoms with E-state index < -0.39 is 0 Å². The highest BCUT2D eigenvalue weighted by molar-refractivity contribution is 5.84. The fourth-order valence-electron chi connectivity index (χ4n) is 3.33. The average molecular weight is 367 g/mol. The smallest absolute Gasteiger partial charge is 0.119 e. The number of imidazole rings is 1. The summed E-state index contributed by atoms with van der Waals surface area (Å²) >= 11 is 0. The van der Waals surface area contributed by atoms with Crippen molar-refractivity contribution in [1.82, 2.24) is 14.5 Å². The summed E-state index contributed by atoms with van der Waals surface area (Å²) in [7, 11) is 5.94. The molecule has 0 aliphatic rings. The molecule has 0 fully saturated rings. The van der Waals surface area contributed by atoms with Gasteiger partial charge in [0.1, 0.15) is 5.75 Å². The van der Waals surface area contributed by atoms with Crippen LogP contribution in [0.4, 0.5) is 0 Å². The second-order valence-electron chi connectivity index (χ2n) is 7.12. The Kier molecular flexibility index (Phi) is 6.48. The van der Waals surface area contributed by atoms with Gasteiger partial charge >= 0.3 is 0 Å². The molecule has 3 aromatic rings. The minimum Gasteiger partial charge on any atom is -0.493 e. The molecule has 0 aliphatic carbocycles. The van der Waals surface area contributed by atoms with E-state index in [-0.39, 0.29) is 6.04 Å². The van der Waals surface area contributed by atoms with Crippen molar-refractivity contribution in [1.29, 1.82) is 0 Å². The molecule has 5 nitrogen and oxygen atoms in total. The van der Waals surface area contributed by atoms with Gasteiger partial charge in [0.25, 0.3) is 0 Å². The summed E-state index contributed by atoms with van der Waals surface area (Å²) < 4.78 is 13.1. The number of likely N-dealkylation sites (N-methyl/N-ethyl adjacent to an activating group) is 1. The summed E-state index contributed by atoms with van der Waals surface area (Å²) in [4.78, 5) is 6.49. The lowest BCUT2D eigenvalue weighted by Crippen LogP contribution is -2.34. The first-order valence-corrected chi connectivity index (χ1v) is 9.39. The van der Waals surface area contributed by atoms with E-state index in [4.69, 9.17) is 9.47 Å². The van der Waals surface area contributed by atoms with Crippen molar-refractivity contribution in [2.24, 2.45) is 0 Å². The zero-order valence-corrected chi connectivity index (χ0v) is 16.6. The van der Waals surface area contributed by atoms with E-state index in [9.17, 15) is 0 Å². The average Bonchev–Trinajstić information content (AvgIpc) is 3.19. The van der Waals surface area contributed by atoms with E-state index in [0.29, 0.717) is 12.6 Å². The van der Waals surface area contributed by atoms with E-state index in [1.165, 1.54) is 16.3 Å². The van der Waals surface area contributed by atoms with Gasteiger partial charge in [0.2, 0.25) is 0 Å². The van der Waals surface area contributed by atoms with Crippen molar-refractivity contribution in [2.75, 3.05) is 34.4 Å². The van der Waals surface area contributed by atoms with Crippen LogP contribution in [0, 0.1) is 0 Å². The Morgan fingerprint density at radius 3 is 2.56 bits per heavy atom. The minimum atomic E-state index is 0.205. The third-order valence-corrected chi connectivity index (χ3v) is 5.06. The molecule has 0 radical (unpaired) electrons. The first-order valence-electron chi connectivity index (χ1n) is 9.39. The van der Waals surface area contributed by atoms with Gasteiger partial charge in [-0.15, -0.1) is 0 Å². The first kappa shape index (κ1) is 19.4. The van der Waals surface area contributed by atoms with Crippen molar-refractivity contribution in [3.63, 3.8) is 0 Å². The number of ether oxygens (including phenoxy) is 2. The standard InChI is InChI=1S/C22H29N3O2/c1-17(24(2)3)22(25-11-10-23-16-25)20-7-6-19-15-21(9-8-18(19)14-20)27-13-5-12-26-4/h6-11,14-17,22H,5,12-13H2,1-4H3. The topological polar surface area (TPSA) is 39.5 Å². The molecule has 0 N–H and O–H groups in total. The van der Waals surface area contributed by atoms with Crippen LogP contribution < -0.4 is 4.74 Å². The van der Waals surface area contributed by atoms with Crippen LogP contribution in [-0.2, 0) is 4.74 Å². The lowest BCUT2D eigenvalue weighted by Gasteiger charge is -2.31. The first-order chi connectivity index (χ1) is 13.1. The Labute approximate surface area is 161 Å². The third-order valence-electron chi connectivity index (χ3n) is 5.06. The van der Waals surface area contributed by atoms with Crippen LogP contribution in [-0.4, -0.2) is 54.9 Å². The lowest BCUT2D eigenvalue weighted by atomic mass is 9.96. The maximum absolute atomic E-state index is 5.82. The largest absolute Gasteiger partial charge is 0.493 e. The molecule has 1 heterocycles.